The maximum atomic E-state index is 12.6. The Hall–Kier alpha value is -3.36. The van der Waals surface area contributed by atoms with E-state index in [0.29, 0.717) is 13.0 Å². The third-order valence-corrected chi connectivity index (χ3v) is 7.89. The molecule has 2 aromatic heterocycles. The number of hydrogen-bond donors (Lipinski definition) is 1. The number of aryl methyl sites for hydroxylation is 2. The third-order valence-electron chi connectivity index (χ3n) is 7.89. The Bertz CT molecular complexity index is 1290. The minimum absolute atomic E-state index is 0.0422. The van der Waals surface area contributed by atoms with Crippen molar-refractivity contribution in [1.29, 1.82) is 0 Å². The fraction of sp³-hybridized carbons (Fsp3) is 0.556. The quantitative estimate of drug-likeness (QED) is 0.532. The van der Waals surface area contributed by atoms with Gasteiger partial charge in [0.05, 0.1) is 42.0 Å². The molecule has 1 fully saturated rings. The molecule has 3 aromatic rings. The molecule has 0 saturated heterocycles. The minimum atomic E-state index is -0.717. The summed E-state index contributed by atoms with van der Waals surface area (Å²) in [7, 11) is 1.41. The number of benzene rings is 1. The standard InChI is InChI=1S/C27H35N5O4/c1-16(15-30-13-12-17(2)29-30)25-28-24-21-9-8-18(3)31(27(35)36-4)22(21)10-11-23(24)32(25)20-7-5-6-19(14-20)26(33)34/h10-13,16,18-20H,5-9,14-15H2,1-4H3,(H,33,34)/t16-,18+,19-,20-/m1/s1. The van der Waals surface area contributed by atoms with Gasteiger partial charge in [-0.3, -0.25) is 14.4 Å². The van der Waals surface area contributed by atoms with Crippen molar-refractivity contribution in [2.75, 3.05) is 12.0 Å². The van der Waals surface area contributed by atoms with Gasteiger partial charge in [-0.15, -0.1) is 0 Å². The summed E-state index contributed by atoms with van der Waals surface area (Å²) in [6.45, 7) is 6.85. The topological polar surface area (TPSA) is 102 Å². The lowest BCUT2D eigenvalue weighted by atomic mass is 9.85. The van der Waals surface area contributed by atoms with Crippen LogP contribution in [0.4, 0.5) is 10.5 Å². The maximum absolute atomic E-state index is 12.6. The second-order valence-electron chi connectivity index (χ2n) is 10.4. The van der Waals surface area contributed by atoms with E-state index in [1.54, 1.807) is 4.90 Å². The van der Waals surface area contributed by atoms with E-state index >= 15 is 0 Å². The number of carboxylic acid groups (broad SMARTS) is 1. The molecule has 9 heteroatoms. The number of anilines is 1. The molecule has 1 saturated carbocycles. The SMILES string of the molecule is COC(=O)N1c2ccc3c(nc([C@H](C)Cn4ccc(C)n4)n3[C@@H]3CCC[C@@H](C(=O)O)C3)c2CC[C@@H]1C. The van der Waals surface area contributed by atoms with E-state index in [0.717, 1.165) is 65.9 Å². The van der Waals surface area contributed by atoms with Crippen LogP contribution in [-0.4, -0.2) is 49.7 Å². The molecule has 36 heavy (non-hydrogen) atoms. The second-order valence-corrected chi connectivity index (χ2v) is 10.4. The van der Waals surface area contributed by atoms with Gasteiger partial charge in [-0.25, -0.2) is 9.78 Å². The number of ether oxygens (including phenoxy) is 1. The molecule has 1 aliphatic carbocycles. The van der Waals surface area contributed by atoms with Gasteiger partial charge in [0.2, 0.25) is 0 Å². The molecule has 0 radical (unpaired) electrons. The highest BCUT2D eigenvalue weighted by atomic mass is 16.5. The average molecular weight is 494 g/mol. The number of methoxy groups -OCH3 is 1. The predicted molar refractivity (Wildman–Crippen MR) is 136 cm³/mol. The number of aromatic nitrogens is 4. The number of amides is 1. The number of carbonyl (C=O) groups excluding carboxylic acids is 1. The monoisotopic (exact) mass is 493 g/mol. The Kier molecular flexibility index (Phi) is 6.49. The molecule has 1 N–H and O–H groups in total. The van der Waals surface area contributed by atoms with Crippen LogP contribution < -0.4 is 4.90 Å². The minimum Gasteiger partial charge on any atom is -0.481 e. The predicted octanol–water partition coefficient (Wildman–Crippen LogP) is 5.07. The van der Waals surface area contributed by atoms with E-state index in [4.69, 9.17) is 9.72 Å². The molecule has 3 heterocycles. The summed E-state index contributed by atoms with van der Waals surface area (Å²) in [6.07, 6.45) is 6.41. The molecule has 0 spiro atoms. The van der Waals surface area contributed by atoms with Gasteiger partial charge in [0.1, 0.15) is 5.82 Å². The second kappa shape index (κ2) is 9.59. The van der Waals surface area contributed by atoms with Crippen molar-refractivity contribution in [2.45, 2.75) is 83.8 Å². The molecule has 192 valence electrons. The van der Waals surface area contributed by atoms with Crippen molar-refractivity contribution in [3.8, 4) is 0 Å². The van der Waals surface area contributed by atoms with Crippen LogP contribution in [0.15, 0.2) is 24.4 Å². The zero-order valence-electron chi connectivity index (χ0n) is 21.5. The van der Waals surface area contributed by atoms with Crippen LogP contribution in [0.2, 0.25) is 0 Å². The number of rotatable bonds is 5. The Morgan fingerprint density at radius 1 is 1.22 bits per heavy atom. The number of hydrogen-bond acceptors (Lipinski definition) is 5. The average Bonchev–Trinajstić information content (AvgIpc) is 3.46. The number of aliphatic carboxylic acids is 1. The fourth-order valence-electron chi connectivity index (χ4n) is 6.07. The Morgan fingerprint density at radius 3 is 2.72 bits per heavy atom. The van der Waals surface area contributed by atoms with Crippen molar-refractivity contribution in [3.63, 3.8) is 0 Å². The van der Waals surface area contributed by atoms with Crippen molar-refractivity contribution in [3.05, 3.63) is 41.5 Å². The first-order valence-electron chi connectivity index (χ1n) is 12.9. The van der Waals surface area contributed by atoms with Crippen molar-refractivity contribution in [2.24, 2.45) is 5.92 Å². The van der Waals surface area contributed by atoms with Gasteiger partial charge in [0.15, 0.2) is 0 Å². The van der Waals surface area contributed by atoms with E-state index in [1.165, 1.54) is 7.11 Å². The van der Waals surface area contributed by atoms with Crippen LogP contribution in [0, 0.1) is 12.8 Å². The molecular weight excluding hydrogens is 458 g/mol. The first-order chi connectivity index (χ1) is 17.3. The largest absolute Gasteiger partial charge is 0.481 e. The van der Waals surface area contributed by atoms with Crippen LogP contribution in [0.5, 0.6) is 0 Å². The smallest absolute Gasteiger partial charge is 0.414 e. The van der Waals surface area contributed by atoms with Gasteiger partial charge >= 0.3 is 12.1 Å². The highest BCUT2D eigenvalue weighted by Gasteiger charge is 2.35. The molecule has 5 rings (SSSR count). The van der Waals surface area contributed by atoms with Crippen LogP contribution >= 0.6 is 0 Å². The number of imidazole rings is 1. The van der Waals surface area contributed by atoms with Crippen LogP contribution in [0.25, 0.3) is 11.0 Å². The summed E-state index contributed by atoms with van der Waals surface area (Å²) >= 11 is 0. The highest BCUT2D eigenvalue weighted by Crippen LogP contribution is 2.41. The Morgan fingerprint density at radius 2 is 2.03 bits per heavy atom. The van der Waals surface area contributed by atoms with Crippen LogP contribution in [-0.2, 0) is 22.5 Å². The first kappa shape index (κ1) is 24.3. The lowest BCUT2D eigenvalue weighted by Gasteiger charge is -2.34. The summed E-state index contributed by atoms with van der Waals surface area (Å²) in [5.41, 5.74) is 4.81. The summed E-state index contributed by atoms with van der Waals surface area (Å²) in [4.78, 5) is 31.4. The summed E-state index contributed by atoms with van der Waals surface area (Å²) in [6, 6.07) is 6.16. The third kappa shape index (κ3) is 4.24. The van der Waals surface area contributed by atoms with Crippen LogP contribution in [0.3, 0.4) is 0 Å². The maximum Gasteiger partial charge on any atom is 0.414 e. The van der Waals surface area contributed by atoms with E-state index in [-0.39, 0.29) is 30.0 Å². The molecule has 9 nitrogen and oxygen atoms in total. The molecule has 1 aromatic carbocycles. The van der Waals surface area contributed by atoms with E-state index in [9.17, 15) is 14.7 Å². The fourth-order valence-corrected chi connectivity index (χ4v) is 6.07. The number of fused-ring (bicyclic) bond motifs is 3. The van der Waals surface area contributed by atoms with E-state index < -0.39 is 5.97 Å². The van der Waals surface area contributed by atoms with Gasteiger partial charge in [-0.2, -0.15) is 5.10 Å². The normalized spacial score (nSPS) is 22.9. The number of nitrogens with zero attached hydrogens (tertiary/aromatic N) is 5. The molecule has 0 bridgehead atoms. The van der Waals surface area contributed by atoms with Crippen molar-refractivity contribution >= 4 is 28.8 Å². The van der Waals surface area contributed by atoms with Crippen LogP contribution in [0.1, 0.15) is 75.0 Å². The van der Waals surface area contributed by atoms with Crippen molar-refractivity contribution < 1.29 is 19.4 Å². The van der Waals surface area contributed by atoms with Gasteiger partial charge in [0.25, 0.3) is 0 Å². The van der Waals surface area contributed by atoms with Crippen molar-refractivity contribution in [1.82, 2.24) is 19.3 Å². The number of carboxylic acids is 1. The van der Waals surface area contributed by atoms with Gasteiger partial charge < -0.3 is 14.4 Å². The molecular formula is C27H35N5O4. The van der Waals surface area contributed by atoms with E-state index in [1.807, 2.05) is 42.9 Å². The first-order valence-corrected chi connectivity index (χ1v) is 12.9. The Labute approximate surface area is 211 Å². The van der Waals surface area contributed by atoms with Gasteiger partial charge in [0, 0.05) is 29.8 Å². The lowest BCUT2D eigenvalue weighted by Crippen LogP contribution is -2.42. The lowest BCUT2D eigenvalue weighted by molar-refractivity contribution is -0.143. The zero-order valence-corrected chi connectivity index (χ0v) is 21.5. The highest BCUT2D eigenvalue weighted by molar-refractivity contribution is 5.95. The summed E-state index contributed by atoms with van der Waals surface area (Å²) < 4.78 is 9.33. The number of carbonyl (C=O) groups is 2. The van der Waals surface area contributed by atoms with Gasteiger partial charge in [-0.05, 0) is 64.2 Å². The molecule has 0 unspecified atom stereocenters. The summed E-state index contributed by atoms with van der Waals surface area (Å²) in [5.74, 6) is -0.0418. The van der Waals surface area contributed by atoms with E-state index in [2.05, 4.69) is 16.6 Å². The molecule has 4 atom stereocenters. The Balaban J connectivity index is 1.64. The van der Waals surface area contributed by atoms with Gasteiger partial charge in [-0.1, -0.05) is 13.3 Å². The zero-order chi connectivity index (χ0) is 25.6. The summed E-state index contributed by atoms with van der Waals surface area (Å²) in [5, 5.41) is 14.3. The molecule has 1 amide bonds. The molecule has 2 aliphatic rings. The molecule has 1 aliphatic heterocycles.